The summed E-state index contributed by atoms with van der Waals surface area (Å²) >= 11 is 0. The van der Waals surface area contributed by atoms with Crippen LogP contribution >= 0.6 is 0 Å². The van der Waals surface area contributed by atoms with Gasteiger partial charge in [0.05, 0.1) is 5.56 Å². The predicted molar refractivity (Wildman–Crippen MR) is 149 cm³/mol. The quantitative estimate of drug-likeness (QED) is 0.358. The maximum Gasteiger partial charge on any atom is 0.338 e. The minimum absolute atomic E-state index is 0.0568. The van der Waals surface area contributed by atoms with E-state index in [2.05, 4.69) is 46.8 Å². The van der Waals surface area contributed by atoms with Gasteiger partial charge in [-0.1, -0.05) is 84.2 Å². The van der Waals surface area contributed by atoms with Gasteiger partial charge >= 0.3 is 5.97 Å². The zero-order valence-corrected chi connectivity index (χ0v) is 23.4. The van der Waals surface area contributed by atoms with Crippen molar-refractivity contribution in [1.29, 1.82) is 0 Å². The van der Waals surface area contributed by atoms with Crippen molar-refractivity contribution < 1.29 is 9.53 Å². The van der Waals surface area contributed by atoms with Gasteiger partial charge in [0.25, 0.3) is 0 Å². The molecule has 1 unspecified atom stereocenters. The normalized spacial score (nSPS) is 36.3. The molecule has 196 valence electrons. The van der Waals surface area contributed by atoms with Crippen molar-refractivity contribution in [1.82, 2.24) is 0 Å². The lowest BCUT2D eigenvalue weighted by Gasteiger charge is -2.56. The molecule has 4 aliphatic carbocycles. The third-order valence-electron chi connectivity index (χ3n) is 11.0. The zero-order chi connectivity index (χ0) is 25.5. The summed E-state index contributed by atoms with van der Waals surface area (Å²) in [6.07, 6.45) is 17.7. The fourth-order valence-electron chi connectivity index (χ4n) is 8.71. The van der Waals surface area contributed by atoms with Crippen LogP contribution in [0.5, 0.6) is 0 Å². The first-order chi connectivity index (χ1) is 17.2. The van der Waals surface area contributed by atoms with Crippen LogP contribution in [0.25, 0.3) is 0 Å². The third-order valence-corrected chi connectivity index (χ3v) is 11.0. The molecule has 0 bridgehead atoms. The monoisotopic (exact) mass is 488 g/mol. The SMILES string of the molecule is CC(C)CCC[C@@H](C)[C@H]1CC=C2C3=CCC4C[C@@H](OC(=O)c5ccccc5)CC[C@]4(C)[C@H]3CC[C@@]21C. The number of hydrogen-bond donors (Lipinski definition) is 0. The number of benzene rings is 1. The molecule has 5 rings (SSSR count). The summed E-state index contributed by atoms with van der Waals surface area (Å²) in [4.78, 5) is 12.7. The Bertz CT molecular complexity index is 1000. The van der Waals surface area contributed by atoms with E-state index in [9.17, 15) is 4.79 Å². The number of carbonyl (C=O) groups excluding carboxylic acids is 1. The molecule has 0 amide bonds. The van der Waals surface area contributed by atoms with Crippen LogP contribution in [0.4, 0.5) is 0 Å². The second-order valence-corrected chi connectivity index (χ2v) is 13.5. The average Bonchev–Trinajstić information content (AvgIpc) is 3.22. The highest BCUT2D eigenvalue weighted by Gasteiger charge is 2.55. The molecule has 0 saturated heterocycles. The van der Waals surface area contributed by atoms with Crippen molar-refractivity contribution >= 4 is 5.97 Å². The number of hydrogen-bond acceptors (Lipinski definition) is 2. The Morgan fingerprint density at radius 2 is 1.78 bits per heavy atom. The molecule has 0 aromatic heterocycles. The van der Waals surface area contributed by atoms with Crippen molar-refractivity contribution in [3.63, 3.8) is 0 Å². The number of ether oxygens (including phenoxy) is 1. The molecule has 0 radical (unpaired) electrons. The Morgan fingerprint density at radius 1 is 1.00 bits per heavy atom. The molecule has 0 spiro atoms. The molecule has 2 fully saturated rings. The fraction of sp³-hybridized carbons (Fsp3) is 0.676. The molecular weight excluding hydrogens is 440 g/mol. The van der Waals surface area contributed by atoms with Crippen LogP contribution in [0.1, 0.15) is 109 Å². The van der Waals surface area contributed by atoms with Gasteiger partial charge in [-0.25, -0.2) is 4.79 Å². The standard InChI is InChI=1S/C34H48O2/c1-23(2)10-9-11-24(3)29-16-17-30-28-15-14-26-22-27(36-32(35)25-12-7-6-8-13-25)18-20-33(26,4)31(28)19-21-34(29,30)5/h6-8,12-13,15,17,23-24,26-27,29,31H,9-11,14,16,18-22H2,1-5H3/t24-,26?,27+,29-,31+,33+,34-/m1/s1. The van der Waals surface area contributed by atoms with Gasteiger partial charge in [-0.3, -0.25) is 0 Å². The Balaban J connectivity index is 1.26. The van der Waals surface area contributed by atoms with Gasteiger partial charge in [-0.2, -0.15) is 0 Å². The topological polar surface area (TPSA) is 26.3 Å². The second kappa shape index (κ2) is 10.1. The lowest BCUT2D eigenvalue weighted by molar-refractivity contribution is -0.0409. The summed E-state index contributed by atoms with van der Waals surface area (Å²) in [7, 11) is 0. The van der Waals surface area contributed by atoms with Gasteiger partial charge in [0.2, 0.25) is 0 Å². The Labute approximate surface area is 220 Å². The molecular formula is C34H48O2. The largest absolute Gasteiger partial charge is 0.459 e. The molecule has 7 atom stereocenters. The van der Waals surface area contributed by atoms with E-state index in [1.54, 1.807) is 11.1 Å². The Morgan fingerprint density at radius 3 is 2.53 bits per heavy atom. The maximum atomic E-state index is 12.7. The van der Waals surface area contributed by atoms with Gasteiger partial charge in [0.1, 0.15) is 6.10 Å². The van der Waals surface area contributed by atoms with Crippen LogP contribution in [0.15, 0.2) is 53.6 Å². The minimum Gasteiger partial charge on any atom is -0.459 e. The van der Waals surface area contributed by atoms with Crippen LogP contribution in [0, 0.1) is 40.4 Å². The van der Waals surface area contributed by atoms with Gasteiger partial charge in [0.15, 0.2) is 0 Å². The molecule has 1 aromatic carbocycles. The van der Waals surface area contributed by atoms with Crippen molar-refractivity contribution in [2.24, 2.45) is 40.4 Å². The minimum atomic E-state index is -0.158. The van der Waals surface area contributed by atoms with Crippen LogP contribution in [-0.2, 0) is 4.74 Å². The van der Waals surface area contributed by atoms with E-state index in [0.717, 1.165) is 37.0 Å². The molecule has 0 aliphatic heterocycles. The van der Waals surface area contributed by atoms with E-state index in [4.69, 9.17) is 4.74 Å². The molecule has 2 saturated carbocycles. The summed E-state index contributed by atoms with van der Waals surface area (Å²) < 4.78 is 6.01. The van der Waals surface area contributed by atoms with Crippen molar-refractivity contribution in [3.8, 4) is 0 Å². The Kier molecular flexibility index (Phi) is 7.27. The van der Waals surface area contributed by atoms with Gasteiger partial charge in [0, 0.05) is 0 Å². The molecule has 0 heterocycles. The number of rotatable bonds is 7. The fourth-order valence-corrected chi connectivity index (χ4v) is 8.71. The molecule has 1 aromatic rings. The maximum absolute atomic E-state index is 12.7. The van der Waals surface area contributed by atoms with Crippen LogP contribution in [0.2, 0.25) is 0 Å². The lowest BCUT2D eigenvalue weighted by atomic mass is 9.48. The smallest absolute Gasteiger partial charge is 0.338 e. The predicted octanol–water partition coefficient (Wildman–Crippen LogP) is 9.17. The summed E-state index contributed by atoms with van der Waals surface area (Å²) in [6, 6.07) is 9.48. The van der Waals surface area contributed by atoms with Crippen molar-refractivity contribution in [2.45, 2.75) is 105 Å². The second-order valence-electron chi connectivity index (χ2n) is 13.5. The Hall–Kier alpha value is -1.83. The first kappa shape index (κ1) is 25.8. The van der Waals surface area contributed by atoms with Crippen molar-refractivity contribution in [2.75, 3.05) is 0 Å². The number of fused-ring (bicyclic) bond motifs is 5. The molecule has 0 N–H and O–H groups in total. The molecule has 2 heteroatoms. The first-order valence-corrected chi connectivity index (χ1v) is 14.9. The van der Waals surface area contributed by atoms with E-state index >= 15 is 0 Å². The summed E-state index contributed by atoms with van der Waals surface area (Å²) in [5, 5.41) is 0. The summed E-state index contributed by atoms with van der Waals surface area (Å²) in [5.74, 6) is 3.57. The number of allylic oxidation sites excluding steroid dienone is 4. The van der Waals surface area contributed by atoms with Gasteiger partial charge in [-0.15, -0.1) is 0 Å². The summed E-state index contributed by atoms with van der Waals surface area (Å²) in [5.41, 5.74) is 4.80. The average molecular weight is 489 g/mol. The summed E-state index contributed by atoms with van der Waals surface area (Å²) in [6.45, 7) is 12.4. The zero-order valence-electron chi connectivity index (χ0n) is 23.4. The van der Waals surface area contributed by atoms with Gasteiger partial charge in [-0.05, 0) is 109 Å². The van der Waals surface area contributed by atoms with Crippen LogP contribution in [-0.4, -0.2) is 12.1 Å². The van der Waals surface area contributed by atoms with E-state index < -0.39 is 0 Å². The van der Waals surface area contributed by atoms with Gasteiger partial charge < -0.3 is 4.74 Å². The molecule has 4 aliphatic rings. The molecule has 36 heavy (non-hydrogen) atoms. The first-order valence-electron chi connectivity index (χ1n) is 14.9. The highest BCUT2D eigenvalue weighted by molar-refractivity contribution is 5.89. The highest BCUT2D eigenvalue weighted by Crippen LogP contribution is 2.65. The van der Waals surface area contributed by atoms with E-state index in [1.807, 2.05) is 30.3 Å². The third kappa shape index (κ3) is 4.63. The molecule has 2 nitrogen and oxygen atoms in total. The van der Waals surface area contributed by atoms with Crippen molar-refractivity contribution in [3.05, 3.63) is 59.2 Å². The lowest BCUT2D eigenvalue weighted by Crippen LogP contribution is -2.48. The van der Waals surface area contributed by atoms with Crippen LogP contribution < -0.4 is 0 Å². The van der Waals surface area contributed by atoms with E-state index in [0.29, 0.717) is 28.2 Å². The van der Waals surface area contributed by atoms with E-state index in [-0.39, 0.29) is 12.1 Å². The number of carbonyl (C=O) groups is 1. The highest BCUT2D eigenvalue weighted by atomic mass is 16.5. The number of esters is 1. The van der Waals surface area contributed by atoms with E-state index in [1.165, 1.54) is 44.9 Å². The van der Waals surface area contributed by atoms with Crippen LogP contribution in [0.3, 0.4) is 0 Å².